The molecular weight excluding hydrogens is 411 g/mol. The van der Waals surface area contributed by atoms with Gasteiger partial charge in [0.05, 0.1) is 5.41 Å². The van der Waals surface area contributed by atoms with Gasteiger partial charge in [0.2, 0.25) is 5.91 Å². The van der Waals surface area contributed by atoms with E-state index in [0.29, 0.717) is 18.4 Å². The van der Waals surface area contributed by atoms with E-state index in [2.05, 4.69) is 44.7 Å². The number of amides is 1. The maximum atomic E-state index is 11.7. The van der Waals surface area contributed by atoms with Gasteiger partial charge in [-0.2, -0.15) is 11.3 Å². The molecule has 0 fully saturated rings. The molecule has 1 atom stereocenters. The van der Waals surface area contributed by atoms with Crippen molar-refractivity contribution in [1.29, 1.82) is 0 Å². The van der Waals surface area contributed by atoms with Crippen LogP contribution in [0.5, 0.6) is 0 Å². The highest BCUT2D eigenvalue weighted by Crippen LogP contribution is 2.17. The average Bonchev–Trinajstić information content (AvgIpc) is 3.00. The third-order valence-electron chi connectivity index (χ3n) is 3.45. The molecule has 5 nitrogen and oxygen atoms in total. The third-order valence-corrected chi connectivity index (χ3v) is 4.15. The lowest BCUT2D eigenvalue weighted by Gasteiger charge is -2.24. The van der Waals surface area contributed by atoms with Crippen LogP contribution in [0.1, 0.15) is 32.3 Å². The van der Waals surface area contributed by atoms with Crippen molar-refractivity contribution in [3.8, 4) is 0 Å². The minimum atomic E-state index is -0.481. The number of carbonyl (C=O) groups excluding carboxylic acids is 1. The summed E-state index contributed by atoms with van der Waals surface area (Å²) in [6.45, 7) is 7.31. The summed E-state index contributed by atoms with van der Waals surface area (Å²) < 4.78 is 0. The number of rotatable bonds is 6. The zero-order chi connectivity index (χ0) is 15.9. The second kappa shape index (κ2) is 10.0. The standard InChI is InChI=1S/C15H26N4OS.HI/c1-11(12-6-7-21-9-12)8-18-14(17-5)19-10-15(2,3)13(20)16-4;/h6-7,9,11H,8,10H2,1-5H3,(H,16,20)(H2,17,18,19);1H. The maximum absolute atomic E-state index is 11.7. The van der Waals surface area contributed by atoms with E-state index in [0.717, 1.165) is 6.54 Å². The van der Waals surface area contributed by atoms with Crippen molar-refractivity contribution in [2.75, 3.05) is 27.2 Å². The van der Waals surface area contributed by atoms with Crippen LogP contribution in [0.4, 0.5) is 0 Å². The van der Waals surface area contributed by atoms with Crippen LogP contribution in [-0.2, 0) is 4.79 Å². The number of hydrogen-bond donors (Lipinski definition) is 3. The van der Waals surface area contributed by atoms with Gasteiger partial charge in [-0.3, -0.25) is 9.79 Å². The van der Waals surface area contributed by atoms with Crippen molar-refractivity contribution < 1.29 is 4.79 Å². The van der Waals surface area contributed by atoms with Gasteiger partial charge in [0, 0.05) is 27.2 Å². The van der Waals surface area contributed by atoms with Crippen molar-refractivity contribution in [2.45, 2.75) is 26.7 Å². The molecule has 0 bridgehead atoms. The second-order valence-electron chi connectivity index (χ2n) is 5.73. The third kappa shape index (κ3) is 6.51. The normalized spacial score (nSPS) is 13.0. The van der Waals surface area contributed by atoms with E-state index >= 15 is 0 Å². The highest BCUT2D eigenvalue weighted by atomic mass is 127. The number of nitrogens with zero attached hydrogens (tertiary/aromatic N) is 1. The summed E-state index contributed by atoms with van der Waals surface area (Å²) in [6, 6.07) is 2.14. The van der Waals surface area contributed by atoms with Crippen molar-refractivity contribution in [2.24, 2.45) is 10.4 Å². The molecule has 7 heteroatoms. The van der Waals surface area contributed by atoms with Crippen LogP contribution in [0.3, 0.4) is 0 Å². The lowest BCUT2D eigenvalue weighted by Crippen LogP contribution is -2.47. The summed E-state index contributed by atoms with van der Waals surface area (Å²) in [4.78, 5) is 15.9. The van der Waals surface area contributed by atoms with E-state index in [1.54, 1.807) is 25.4 Å². The Morgan fingerprint density at radius 3 is 2.59 bits per heavy atom. The Morgan fingerprint density at radius 2 is 2.09 bits per heavy atom. The smallest absolute Gasteiger partial charge is 0.227 e. The SMILES string of the molecule is CN=C(NCC(C)c1ccsc1)NCC(C)(C)C(=O)NC.I. The lowest BCUT2D eigenvalue weighted by atomic mass is 9.92. The molecule has 0 spiro atoms. The van der Waals surface area contributed by atoms with E-state index < -0.39 is 5.41 Å². The number of guanidine groups is 1. The van der Waals surface area contributed by atoms with Crippen LogP contribution in [-0.4, -0.2) is 39.1 Å². The number of thiophene rings is 1. The van der Waals surface area contributed by atoms with Crippen LogP contribution in [0.2, 0.25) is 0 Å². The number of nitrogens with one attached hydrogen (secondary N) is 3. The molecule has 1 rings (SSSR count). The predicted molar refractivity (Wildman–Crippen MR) is 105 cm³/mol. The molecule has 3 N–H and O–H groups in total. The first kappa shape index (κ1) is 21.2. The number of hydrogen-bond acceptors (Lipinski definition) is 3. The molecule has 0 saturated carbocycles. The molecular formula is C15H27IN4OS. The Kier molecular flexibility index (Phi) is 9.66. The van der Waals surface area contributed by atoms with Gasteiger partial charge in [0.15, 0.2) is 5.96 Å². The summed E-state index contributed by atoms with van der Waals surface area (Å²) in [5, 5.41) is 13.4. The highest BCUT2D eigenvalue weighted by Gasteiger charge is 2.26. The minimum Gasteiger partial charge on any atom is -0.359 e. The number of aliphatic imine (C=N–C) groups is 1. The van der Waals surface area contributed by atoms with E-state index in [1.807, 2.05) is 13.8 Å². The molecule has 1 unspecified atom stereocenters. The van der Waals surface area contributed by atoms with Gasteiger partial charge in [-0.15, -0.1) is 24.0 Å². The van der Waals surface area contributed by atoms with E-state index in [9.17, 15) is 4.79 Å². The Bertz CT molecular complexity index is 474. The Hall–Kier alpha value is -0.830. The molecule has 0 aliphatic heterocycles. The van der Waals surface area contributed by atoms with E-state index in [4.69, 9.17) is 0 Å². The van der Waals surface area contributed by atoms with Crippen LogP contribution in [0, 0.1) is 5.41 Å². The largest absolute Gasteiger partial charge is 0.359 e. The van der Waals surface area contributed by atoms with Gasteiger partial charge in [0.1, 0.15) is 0 Å². The number of halogens is 1. The summed E-state index contributed by atoms with van der Waals surface area (Å²) in [7, 11) is 3.39. The predicted octanol–water partition coefficient (Wildman–Crippen LogP) is 2.41. The first-order valence-corrected chi connectivity index (χ1v) is 8.03. The zero-order valence-corrected chi connectivity index (χ0v) is 17.0. The quantitative estimate of drug-likeness (QED) is 0.363. The maximum Gasteiger partial charge on any atom is 0.227 e. The molecule has 1 aromatic heterocycles. The molecule has 22 heavy (non-hydrogen) atoms. The Labute approximate surface area is 154 Å². The van der Waals surface area contributed by atoms with Gasteiger partial charge >= 0.3 is 0 Å². The first-order chi connectivity index (χ1) is 9.90. The van der Waals surface area contributed by atoms with Crippen molar-refractivity contribution in [1.82, 2.24) is 16.0 Å². The highest BCUT2D eigenvalue weighted by molar-refractivity contribution is 14.0. The molecule has 0 aromatic carbocycles. The summed E-state index contributed by atoms with van der Waals surface area (Å²) in [5.41, 5.74) is 0.847. The topological polar surface area (TPSA) is 65.5 Å². The first-order valence-electron chi connectivity index (χ1n) is 7.09. The van der Waals surface area contributed by atoms with E-state index in [-0.39, 0.29) is 29.9 Å². The molecule has 0 aliphatic carbocycles. The molecule has 0 radical (unpaired) electrons. The molecule has 0 saturated heterocycles. The van der Waals surface area contributed by atoms with Gasteiger partial charge in [-0.05, 0) is 42.2 Å². The van der Waals surface area contributed by atoms with Crippen LogP contribution in [0.15, 0.2) is 21.8 Å². The summed E-state index contributed by atoms with van der Waals surface area (Å²) >= 11 is 1.71. The lowest BCUT2D eigenvalue weighted by molar-refractivity contribution is -0.128. The summed E-state index contributed by atoms with van der Waals surface area (Å²) in [5.74, 6) is 1.15. The molecule has 1 aromatic rings. The van der Waals surface area contributed by atoms with Gasteiger partial charge in [0.25, 0.3) is 0 Å². The van der Waals surface area contributed by atoms with Crippen LogP contribution < -0.4 is 16.0 Å². The monoisotopic (exact) mass is 438 g/mol. The summed E-state index contributed by atoms with van der Waals surface area (Å²) in [6.07, 6.45) is 0. The van der Waals surface area contributed by atoms with Gasteiger partial charge < -0.3 is 16.0 Å². The molecule has 126 valence electrons. The Morgan fingerprint density at radius 1 is 1.41 bits per heavy atom. The zero-order valence-electron chi connectivity index (χ0n) is 13.9. The van der Waals surface area contributed by atoms with E-state index in [1.165, 1.54) is 5.56 Å². The van der Waals surface area contributed by atoms with Gasteiger partial charge in [-0.1, -0.05) is 6.92 Å². The number of carbonyl (C=O) groups is 1. The van der Waals surface area contributed by atoms with Crippen LogP contribution >= 0.6 is 35.3 Å². The minimum absolute atomic E-state index is 0. The van der Waals surface area contributed by atoms with Crippen molar-refractivity contribution in [3.05, 3.63) is 22.4 Å². The van der Waals surface area contributed by atoms with Gasteiger partial charge in [-0.25, -0.2) is 0 Å². The second-order valence-corrected chi connectivity index (χ2v) is 6.51. The molecule has 0 aliphatic rings. The Balaban J connectivity index is 0.00000441. The fraction of sp³-hybridized carbons (Fsp3) is 0.600. The molecule has 1 amide bonds. The fourth-order valence-electron chi connectivity index (χ4n) is 1.87. The average molecular weight is 438 g/mol. The van der Waals surface area contributed by atoms with Crippen molar-refractivity contribution >= 4 is 47.2 Å². The van der Waals surface area contributed by atoms with Crippen LogP contribution in [0.25, 0.3) is 0 Å². The molecule has 1 heterocycles. The fourth-order valence-corrected chi connectivity index (χ4v) is 2.65. The van der Waals surface area contributed by atoms with Crippen molar-refractivity contribution in [3.63, 3.8) is 0 Å².